The average Bonchev–Trinajstić information content (AvgIpc) is 2.37. The van der Waals surface area contributed by atoms with E-state index in [1.54, 1.807) is 13.0 Å². The van der Waals surface area contributed by atoms with Crippen molar-refractivity contribution in [3.8, 4) is 0 Å². The van der Waals surface area contributed by atoms with Gasteiger partial charge in [-0.05, 0) is 42.8 Å². The normalized spacial score (nSPS) is 13.1. The lowest BCUT2D eigenvalue weighted by Gasteiger charge is -2.15. The number of hydrogen-bond donors (Lipinski definition) is 2. The van der Waals surface area contributed by atoms with Crippen LogP contribution in [0.4, 0.5) is 10.1 Å². The highest BCUT2D eigenvalue weighted by molar-refractivity contribution is 7.89. The fourth-order valence-corrected chi connectivity index (χ4v) is 3.66. The average molecular weight is 329 g/mol. The Kier molecular flexibility index (Phi) is 4.51. The van der Waals surface area contributed by atoms with Crippen molar-refractivity contribution >= 4 is 27.3 Å². The molecule has 0 aromatic heterocycles. The summed E-state index contributed by atoms with van der Waals surface area (Å²) in [6.45, 7) is 1.62. The van der Waals surface area contributed by atoms with Crippen molar-refractivity contribution in [2.45, 2.75) is 17.9 Å². The van der Waals surface area contributed by atoms with Gasteiger partial charge in [-0.3, -0.25) is 0 Å². The van der Waals surface area contributed by atoms with Crippen molar-refractivity contribution in [1.82, 2.24) is 4.72 Å². The highest BCUT2D eigenvalue weighted by Gasteiger charge is 2.21. The lowest BCUT2D eigenvalue weighted by Crippen LogP contribution is -2.27. The maximum atomic E-state index is 13.2. The molecular formula is C14H14ClFN2O2S. The molecule has 21 heavy (non-hydrogen) atoms. The van der Waals surface area contributed by atoms with Crippen LogP contribution in [0.1, 0.15) is 18.5 Å². The smallest absolute Gasteiger partial charge is 0.242 e. The van der Waals surface area contributed by atoms with E-state index in [4.69, 9.17) is 17.3 Å². The highest BCUT2D eigenvalue weighted by Crippen LogP contribution is 2.25. The van der Waals surface area contributed by atoms with E-state index in [1.807, 2.05) is 0 Å². The SMILES string of the molecule is CC(NS(=O)(=O)c1ccc(N)cc1Cl)c1cccc(F)c1. The van der Waals surface area contributed by atoms with E-state index < -0.39 is 21.9 Å². The van der Waals surface area contributed by atoms with Gasteiger partial charge in [-0.15, -0.1) is 0 Å². The van der Waals surface area contributed by atoms with Crippen molar-refractivity contribution in [1.29, 1.82) is 0 Å². The summed E-state index contributed by atoms with van der Waals surface area (Å²) in [4.78, 5) is -0.0679. The first-order valence-corrected chi connectivity index (χ1v) is 7.98. The minimum absolute atomic E-state index is 0.0361. The molecule has 0 amide bonds. The summed E-state index contributed by atoms with van der Waals surface area (Å²) in [5, 5.41) is 0.0361. The van der Waals surface area contributed by atoms with E-state index in [2.05, 4.69) is 4.72 Å². The summed E-state index contributed by atoms with van der Waals surface area (Å²) < 4.78 is 40.2. The Morgan fingerprint density at radius 3 is 2.57 bits per heavy atom. The number of hydrogen-bond acceptors (Lipinski definition) is 3. The van der Waals surface area contributed by atoms with Crippen LogP contribution < -0.4 is 10.5 Å². The van der Waals surface area contributed by atoms with Gasteiger partial charge in [-0.25, -0.2) is 17.5 Å². The molecule has 0 saturated carbocycles. The zero-order valence-electron chi connectivity index (χ0n) is 11.2. The van der Waals surface area contributed by atoms with Crippen LogP contribution in [-0.2, 0) is 10.0 Å². The minimum Gasteiger partial charge on any atom is -0.399 e. The van der Waals surface area contributed by atoms with Gasteiger partial charge in [0.05, 0.1) is 5.02 Å². The summed E-state index contributed by atoms with van der Waals surface area (Å²) in [7, 11) is -3.83. The Balaban J connectivity index is 2.29. The molecule has 0 radical (unpaired) electrons. The third-order valence-electron chi connectivity index (χ3n) is 2.93. The van der Waals surface area contributed by atoms with Crippen molar-refractivity contribution in [3.63, 3.8) is 0 Å². The number of nitrogen functional groups attached to an aromatic ring is 1. The Hall–Kier alpha value is -1.63. The zero-order valence-corrected chi connectivity index (χ0v) is 12.7. The number of nitrogens with two attached hydrogens (primary N) is 1. The molecule has 3 N–H and O–H groups in total. The highest BCUT2D eigenvalue weighted by atomic mass is 35.5. The molecule has 0 aliphatic carbocycles. The lowest BCUT2D eigenvalue weighted by molar-refractivity contribution is 0.564. The van der Waals surface area contributed by atoms with Crippen LogP contribution in [0.5, 0.6) is 0 Å². The van der Waals surface area contributed by atoms with Crippen molar-refractivity contribution in [2.75, 3.05) is 5.73 Å². The molecule has 1 atom stereocenters. The minimum atomic E-state index is -3.83. The molecule has 2 rings (SSSR count). The molecule has 0 bridgehead atoms. The third-order valence-corrected chi connectivity index (χ3v) is 4.95. The number of rotatable bonds is 4. The predicted molar refractivity (Wildman–Crippen MR) is 81.0 cm³/mol. The predicted octanol–water partition coefficient (Wildman–Crippen LogP) is 3.10. The van der Waals surface area contributed by atoms with Gasteiger partial charge < -0.3 is 5.73 Å². The van der Waals surface area contributed by atoms with E-state index in [1.165, 1.54) is 36.4 Å². The van der Waals surface area contributed by atoms with Gasteiger partial charge in [0.25, 0.3) is 0 Å². The van der Waals surface area contributed by atoms with Crippen LogP contribution >= 0.6 is 11.6 Å². The molecule has 0 saturated heterocycles. The molecule has 112 valence electrons. The molecule has 2 aromatic rings. The van der Waals surface area contributed by atoms with Gasteiger partial charge in [0.1, 0.15) is 10.7 Å². The molecule has 2 aromatic carbocycles. The van der Waals surface area contributed by atoms with E-state index in [0.717, 1.165) is 0 Å². The van der Waals surface area contributed by atoms with Crippen LogP contribution in [0.25, 0.3) is 0 Å². The van der Waals surface area contributed by atoms with Crippen LogP contribution in [0, 0.1) is 5.82 Å². The molecule has 0 heterocycles. The largest absolute Gasteiger partial charge is 0.399 e. The molecule has 7 heteroatoms. The molecular weight excluding hydrogens is 315 g/mol. The Morgan fingerprint density at radius 2 is 1.95 bits per heavy atom. The standard InChI is InChI=1S/C14H14ClFN2O2S/c1-9(10-3-2-4-11(16)7-10)18-21(19,20)14-6-5-12(17)8-13(14)15/h2-9,18H,17H2,1H3. The van der Waals surface area contributed by atoms with E-state index in [-0.39, 0.29) is 9.92 Å². The topological polar surface area (TPSA) is 72.2 Å². The van der Waals surface area contributed by atoms with Gasteiger partial charge in [0.2, 0.25) is 10.0 Å². The summed E-state index contributed by atoms with van der Waals surface area (Å²) in [5.41, 5.74) is 6.43. The fourth-order valence-electron chi connectivity index (χ4n) is 1.88. The quantitative estimate of drug-likeness (QED) is 0.847. The second-order valence-corrected chi connectivity index (χ2v) is 6.68. The molecule has 0 spiro atoms. The second kappa shape index (κ2) is 6.01. The first-order valence-electron chi connectivity index (χ1n) is 6.12. The van der Waals surface area contributed by atoms with Gasteiger partial charge in [0.15, 0.2) is 0 Å². The van der Waals surface area contributed by atoms with Crippen LogP contribution in [-0.4, -0.2) is 8.42 Å². The molecule has 0 fully saturated rings. The van der Waals surface area contributed by atoms with E-state index in [9.17, 15) is 12.8 Å². The summed E-state index contributed by atoms with van der Waals surface area (Å²) in [5.74, 6) is -0.427. The molecule has 0 aliphatic rings. The Labute approximate surface area is 127 Å². The lowest BCUT2D eigenvalue weighted by atomic mass is 10.1. The van der Waals surface area contributed by atoms with Gasteiger partial charge >= 0.3 is 0 Å². The van der Waals surface area contributed by atoms with Gasteiger partial charge in [0, 0.05) is 11.7 Å². The summed E-state index contributed by atoms with van der Waals surface area (Å²) in [6.07, 6.45) is 0. The fraction of sp³-hybridized carbons (Fsp3) is 0.143. The maximum absolute atomic E-state index is 13.2. The summed E-state index contributed by atoms with van der Waals surface area (Å²) >= 11 is 5.91. The molecule has 0 aliphatic heterocycles. The Morgan fingerprint density at radius 1 is 1.24 bits per heavy atom. The first-order chi connectivity index (χ1) is 9.79. The number of benzene rings is 2. The van der Waals surface area contributed by atoms with Gasteiger partial charge in [-0.1, -0.05) is 23.7 Å². The van der Waals surface area contributed by atoms with E-state index >= 15 is 0 Å². The number of sulfonamides is 1. The Bertz CT molecular complexity index is 765. The molecule has 1 unspecified atom stereocenters. The number of halogens is 2. The second-order valence-electron chi connectivity index (χ2n) is 4.59. The summed E-state index contributed by atoms with van der Waals surface area (Å²) in [6, 6.07) is 9.28. The van der Waals surface area contributed by atoms with Crippen LogP contribution in [0.15, 0.2) is 47.4 Å². The van der Waals surface area contributed by atoms with Gasteiger partial charge in [-0.2, -0.15) is 0 Å². The van der Waals surface area contributed by atoms with Crippen molar-refractivity contribution < 1.29 is 12.8 Å². The molecule has 4 nitrogen and oxygen atoms in total. The van der Waals surface area contributed by atoms with E-state index in [0.29, 0.717) is 11.3 Å². The van der Waals surface area contributed by atoms with Crippen LogP contribution in [0.3, 0.4) is 0 Å². The first kappa shape index (κ1) is 15.8. The third kappa shape index (κ3) is 3.72. The zero-order chi connectivity index (χ0) is 15.6. The van der Waals surface area contributed by atoms with Crippen LogP contribution in [0.2, 0.25) is 5.02 Å². The maximum Gasteiger partial charge on any atom is 0.242 e. The van der Waals surface area contributed by atoms with Crippen molar-refractivity contribution in [3.05, 3.63) is 58.9 Å². The number of nitrogens with one attached hydrogen (secondary N) is 1. The number of anilines is 1. The monoisotopic (exact) mass is 328 g/mol. The van der Waals surface area contributed by atoms with Crippen molar-refractivity contribution in [2.24, 2.45) is 0 Å².